The highest BCUT2D eigenvalue weighted by Gasteiger charge is 2.16. The van der Waals surface area contributed by atoms with E-state index in [0.29, 0.717) is 0 Å². The molecule has 0 heterocycles. The molecule has 1 atom stereocenters. The van der Waals surface area contributed by atoms with Crippen LogP contribution >= 0.6 is 11.6 Å². The molecular weight excluding hydrogens is 246 g/mol. The number of amides is 1. The number of rotatable bonds is 5. The molecule has 17 heavy (non-hydrogen) atoms. The summed E-state index contributed by atoms with van der Waals surface area (Å²) in [7, 11) is 1.50. The molecule has 1 aromatic carbocycles. The van der Waals surface area contributed by atoms with Crippen LogP contribution in [0, 0.1) is 0 Å². The molecule has 3 N–H and O–H groups in total. The first-order valence-electron chi connectivity index (χ1n) is 4.96. The SMILES string of the molecule is COCC(CCl)NC(=O)c1cc(O)ccc1O. The summed E-state index contributed by atoms with van der Waals surface area (Å²) >= 11 is 5.64. The number of benzene rings is 1. The van der Waals surface area contributed by atoms with Crippen LogP contribution in [-0.4, -0.2) is 41.8 Å². The number of carbonyl (C=O) groups excluding carboxylic acids is 1. The Bertz CT molecular complexity index is 397. The van der Waals surface area contributed by atoms with Crippen molar-refractivity contribution in [3.05, 3.63) is 23.8 Å². The summed E-state index contributed by atoms with van der Waals surface area (Å²) in [5, 5.41) is 21.3. The second kappa shape index (κ2) is 6.32. The van der Waals surface area contributed by atoms with Crippen molar-refractivity contribution in [2.75, 3.05) is 19.6 Å². The molecule has 1 aromatic rings. The Kier molecular flexibility index (Phi) is 5.06. The average molecular weight is 260 g/mol. The minimum absolute atomic E-state index is 0.00350. The van der Waals surface area contributed by atoms with Gasteiger partial charge in [0, 0.05) is 13.0 Å². The zero-order valence-electron chi connectivity index (χ0n) is 9.31. The van der Waals surface area contributed by atoms with Gasteiger partial charge in [0.25, 0.3) is 5.91 Å². The van der Waals surface area contributed by atoms with Crippen LogP contribution in [0.4, 0.5) is 0 Å². The van der Waals surface area contributed by atoms with E-state index >= 15 is 0 Å². The third kappa shape index (κ3) is 3.80. The Morgan fingerprint density at radius 2 is 2.24 bits per heavy atom. The summed E-state index contributed by atoms with van der Waals surface area (Å²) in [5.74, 6) is -0.617. The Morgan fingerprint density at radius 3 is 2.82 bits per heavy atom. The van der Waals surface area contributed by atoms with E-state index < -0.39 is 5.91 Å². The third-order valence-corrected chi connectivity index (χ3v) is 2.49. The highest BCUT2D eigenvalue weighted by atomic mass is 35.5. The molecule has 0 saturated carbocycles. The third-order valence-electron chi connectivity index (χ3n) is 2.11. The number of nitrogens with one attached hydrogen (secondary N) is 1. The van der Waals surface area contributed by atoms with E-state index in [4.69, 9.17) is 16.3 Å². The number of methoxy groups -OCH3 is 1. The molecular formula is C11H14ClNO4. The Morgan fingerprint density at radius 1 is 1.53 bits per heavy atom. The second-order valence-corrected chi connectivity index (χ2v) is 3.79. The lowest BCUT2D eigenvalue weighted by atomic mass is 10.1. The van der Waals surface area contributed by atoms with Crippen LogP contribution in [0.1, 0.15) is 10.4 Å². The summed E-state index contributed by atoms with van der Waals surface area (Å²) in [6.07, 6.45) is 0. The van der Waals surface area contributed by atoms with E-state index in [1.54, 1.807) is 0 Å². The molecule has 0 aliphatic rings. The van der Waals surface area contributed by atoms with E-state index in [0.717, 1.165) is 0 Å². The van der Waals surface area contributed by atoms with Crippen LogP contribution < -0.4 is 5.32 Å². The van der Waals surface area contributed by atoms with E-state index in [9.17, 15) is 15.0 Å². The smallest absolute Gasteiger partial charge is 0.255 e. The fourth-order valence-electron chi connectivity index (χ4n) is 1.30. The number of aromatic hydroxyl groups is 2. The van der Waals surface area contributed by atoms with Gasteiger partial charge in [0.1, 0.15) is 11.5 Å². The molecule has 0 bridgehead atoms. The van der Waals surface area contributed by atoms with Crippen LogP contribution in [0.3, 0.4) is 0 Å². The van der Waals surface area contributed by atoms with Crippen molar-refractivity contribution in [1.29, 1.82) is 0 Å². The number of halogens is 1. The van der Waals surface area contributed by atoms with Crippen molar-refractivity contribution in [2.45, 2.75) is 6.04 Å². The first kappa shape index (κ1) is 13.6. The van der Waals surface area contributed by atoms with Gasteiger partial charge >= 0.3 is 0 Å². The van der Waals surface area contributed by atoms with Crippen LogP contribution in [0.5, 0.6) is 11.5 Å². The molecule has 0 saturated heterocycles. The number of alkyl halides is 1. The number of phenolic OH excluding ortho intramolecular Hbond substituents is 2. The van der Waals surface area contributed by atoms with Crippen molar-refractivity contribution in [1.82, 2.24) is 5.32 Å². The lowest BCUT2D eigenvalue weighted by Gasteiger charge is -2.15. The molecule has 0 fully saturated rings. The van der Waals surface area contributed by atoms with Gasteiger partial charge in [-0.05, 0) is 18.2 Å². The maximum atomic E-state index is 11.8. The Balaban J connectivity index is 2.78. The first-order valence-corrected chi connectivity index (χ1v) is 5.49. The first-order chi connectivity index (χ1) is 8.08. The predicted octanol–water partition coefficient (Wildman–Crippen LogP) is 1.08. The molecule has 0 aliphatic heterocycles. The maximum Gasteiger partial charge on any atom is 0.255 e. The number of hydrogen-bond donors (Lipinski definition) is 3. The molecule has 0 aliphatic carbocycles. The molecule has 94 valence electrons. The van der Waals surface area contributed by atoms with Gasteiger partial charge in [-0.3, -0.25) is 4.79 Å². The van der Waals surface area contributed by atoms with E-state index in [1.165, 1.54) is 25.3 Å². The fraction of sp³-hybridized carbons (Fsp3) is 0.364. The molecule has 5 nitrogen and oxygen atoms in total. The topological polar surface area (TPSA) is 78.8 Å². The van der Waals surface area contributed by atoms with Crippen molar-refractivity contribution in [3.63, 3.8) is 0 Å². The van der Waals surface area contributed by atoms with Gasteiger partial charge in [0.05, 0.1) is 18.2 Å². The number of ether oxygens (including phenoxy) is 1. The van der Waals surface area contributed by atoms with Gasteiger partial charge < -0.3 is 20.3 Å². The average Bonchev–Trinajstić information content (AvgIpc) is 2.31. The summed E-state index contributed by atoms with van der Waals surface area (Å²) in [4.78, 5) is 11.8. The quantitative estimate of drug-likeness (QED) is 0.546. The molecule has 1 unspecified atom stereocenters. The van der Waals surface area contributed by atoms with Crippen LogP contribution in [0.25, 0.3) is 0 Å². The van der Waals surface area contributed by atoms with Gasteiger partial charge in [0.15, 0.2) is 0 Å². The zero-order valence-corrected chi connectivity index (χ0v) is 10.1. The monoisotopic (exact) mass is 259 g/mol. The predicted molar refractivity (Wildman–Crippen MR) is 63.6 cm³/mol. The minimum atomic E-state index is -0.513. The van der Waals surface area contributed by atoms with E-state index in [-0.39, 0.29) is 35.6 Å². The van der Waals surface area contributed by atoms with Crippen molar-refractivity contribution in [2.24, 2.45) is 0 Å². The zero-order chi connectivity index (χ0) is 12.8. The highest BCUT2D eigenvalue weighted by molar-refractivity contribution is 6.18. The lowest BCUT2D eigenvalue weighted by Crippen LogP contribution is -2.39. The summed E-state index contributed by atoms with van der Waals surface area (Å²) < 4.78 is 4.87. The fourth-order valence-corrected chi connectivity index (χ4v) is 1.46. The van der Waals surface area contributed by atoms with Gasteiger partial charge in [-0.25, -0.2) is 0 Å². The molecule has 1 rings (SSSR count). The van der Waals surface area contributed by atoms with E-state index in [2.05, 4.69) is 5.32 Å². The van der Waals surface area contributed by atoms with Crippen LogP contribution in [0.2, 0.25) is 0 Å². The number of carbonyl (C=O) groups is 1. The maximum absolute atomic E-state index is 11.8. The normalized spacial score (nSPS) is 12.1. The molecule has 0 radical (unpaired) electrons. The van der Waals surface area contributed by atoms with Gasteiger partial charge in [-0.2, -0.15) is 0 Å². The summed E-state index contributed by atoms with van der Waals surface area (Å²) in [6, 6.07) is 3.37. The molecule has 1 amide bonds. The van der Waals surface area contributed by atoms with Gasteiger partial charge in [-0.1, -0.05) is 0 Å². The minimum Gasteiger partial charge on any atom is -0.508 e. The van der Waals surface area contributed by atoms with Crippen LogP contribution in [-0.2, 0) is 4.74 Å². The Labute approximate surface area is 104 Å². The van der Waals surface area contributed by atoms with Gasteiger partial charge in [-0.15, -0.1) is 11.6 Å². The van der Waals surface area contributed by atoms with Crippen LogP contribution in [0.15, 0.2) is 18.2 Å². The highest BCUT2D eigenvalue weighted by Crippen LogP contribution is 2.21. The molecule has 0 aromatic heterocycles. The number of hydrogen-bond acceptors (Lipinski definition) is 4. The van der Waals surface area contributed by atoms with Crippen molar-refractivity contribution < 1.29 is 19.7 Å². The van der Waals surface area contributed by atoms with Crippen molar-refractivity contribution >= 4 is 17.5 Å². The number of phenols is 2. The van der Waals surface area contributed by atoms with Gasteiger partial charge in [0.2, 0.25) is 0 Å². The Hall–Kier alpha value is -1.46. The second-order valence-electron chi connectivity index (χ2n) is 3.48. The standard InChI is InChI=1S/C11H14ClNO4/c1-17-6-7(5-12)13-11(16)9-4-8(14)2-3-10(9)15/h2-4,7,14-15H,5-6H2,1H3,(H,13,16). The molecule has 6 heteroatoms. The molecule has 0 spiro atoms. The lowest BCUT2D eigenvalue weighted by molar-refractivity contribution is 0.0904. The van der Waals surface area contributed by atoms with E-state index in [1.807, 2.05) is 0 Å². The van der Waals surface area contributed by atoms with Crippen molar-refractivity contribution in [3.8, 4) is 11.5 Å². The summed E-state index contributed by atoms with van der Waals surface area (Å²) in [5.41, 5.74) is -0.00350. The summed E-state index contributed by atoms with van der Waals surface area (Å²) in [6.45, 7) is 0.273. The largest absolute Gasteiger partial charge is 0.508 e.